The van der Waals surface area contributed by atoms with Crippen molar-refractivity contribution in [3.05, 3.63) is 113 Å². The van der Waals surface area contributed by atoms with E-state index in [1.807, 2.05) is 55.5 Å². The number of amides is 1. The Morgan fingerprint density at radius 3 is 2.20 bits per heavy atom. The Morgan fingerprint density at radius 2 is 1.51 bits per heavy atom. The molecule has 0 heterocycles. The van der Waals surface area contributed by atoms with E-state index in [0.717, 1.165) is 21.0 Å². The van der Waals surface area contributed by atoms with Crippen LogP contribution in [0.15, 0.2) is 102 Å². The molecule has 0 aliphatic heterocycles. The molecule has 178 valence electrons. The maximum atomic E-state index is 13.7. The Balaban J connectivity index is 1.69. The summed E-state index contributed by atoms with van der Waals surface area (Å²) < 4.78 is 28.5. The minimum absolute atomic E-state index is 0.106. The molecular weight excluding hydrogens is 480 g/mol. The Labute approximate surface area is 211 Å². The van der Waals surface area contributed by atoms with Gasteiger partial charge in [0.1, 0.15) is 6.54 Å². The first-order valence-corrected chi connectivity index (χ1v) is 12.9. The van der Waals surface area contributed by atoms with Crippen molar-refractivity contribution >= 4 is 38.9 Å². The Bertz CT molecular complexity index is 1450. The monoisotopic (exact) mass is 504 g/mol. The van der Waals surface area contributed by atoms with Crippen LogP contribution in [0.3, 0.4) is 0 Å². The summed E-state index contributed by atoms with van der Waals surface area (Å²) in [5, 5.41) is 3.39. The third-order valence-electron chi connectivity index (χ3n) is 5.61. The number of halogens is 1. The van der Waals surface area contributed by atoms with Gasteiger partial charge in [-0.15, -0.1) is 0 Å². The van der Waals surface area contributed by atoms with E-state index in [2.05, 4.69) is 5.32 Å². The van der Waals surface area contributed by atoms with Gasteiger partial charge in [0, 0.05) is 16.3 Å². The first-order chi connectivity index (χ1) is 16.8. The van der Waals surface area contributed by atoms with Crippen LogP contribution in [0.5, 0.6) is 0 Å². The van der Waals surface area contributed by atoms with Crippen molar-refractivity contribution in [1.82, 2.24) is 0 Å². The predicted molar refractivity (Wildman–Crippen MR) is 142 cm³/mol. The first-order valence-electron chi connectivity index (χ1n) is 11.1. The number of aryl methyl sites for hydroxylation is 2. The molecule has 0 aliphatic carbocycles. The van der Waals surface area contributed by atoms with Crippen molar-refractivity contribution in [2.45, 2.75) is 18.7 Å². The van der Waals surface area contributed by atoms with Gasteiger partial charge in [-0.3, -0.25) is 9.10 Å². The molecule has 0 fully saturated rings. The summed E-state index contributed by atoms with van der Waals surface area (Å²) in [6.07, 6.45) is 0. The number of nitrogens with one attached hydrogen (secondary N) is 1. The van der Waals surface area contributed by atoms with E-state index in [1.54, 1.807) is 55.5 Å². The number of sulfonamides is 1. The molecule has 7 heteroatoms. The normalized spacial score (nSPS) is 11.2. The fourth-order valence-corrected chi connectivity index (χ4v) is 5.53. The number of carbonyl (C=O) groups is 1. The smallest absolute Gasteiger partial charge is 0.264 e. The lowest BCUT2D eigenvalue weighted by molar-refractivity contribution is -0.114. The molecule has 4 aromatic rings. The SMILES string of the molecule is Cc1ccc(S(=O)(=O)N(CC(=O)Nc2ccccc2-c2ccccc2)c2ccc(Cl)cc2C)cc1. The number of nitrogens with zero attached hydrogens (tertiary/aromatic N) is 1. The quantitative estimate of drug-likeness (QED) is 0.314. The molecule has 0 saturated carbocycles. The highest BCUT2D eigenvalue weighted by Crippen LogP contribution is 2.30. The molecule has 0 bridgehead atoms. The van der Waals surface area contributed by atoms with E-state index in [-0.39, 0.29) is 4.90 Å². The van der Waals surface area contributed by atoms with Gasteiger partial charge in [0.25, 0.3) is 10.0 Å². The molecule has 0 unspecified atom stereocenters. The van der Waals surface area contributed by atoms with Crippen LogP contribution in [-0.2, 0) is 14.8 Å². The summed E-state index contributed by atoms with van der Waals surface area (Å²) in [7, 11) is -4.03. The summed E-state index contributed by atoms with van der Waals surface area (Å²) in [6, 6.07) is 28.6. The molecule has 0 spiro atoms. The van der Waals surface area contributed by atoms with Gasteiger partial charge < -0.3 is 5.32 Å². The van der Waals surface area contributed by atoms with Crippen LogP contribution in [0.25, 0.3) is 11.1 Å². The van der Waals surface area contributed by atoms with Gasteiger partial charge in [-0.1, -0.05) is 77.8 Å². The van der Waals surface area contributed by atoms with Gasteiger partial charge >= 0.3 is 0 Å². The second-order valence-electron chi connectivity index (χ2n) is 8.22. The zero-order chi connectivity index (χ0) is 25.0. The van der Waals surface area contributed by atoms with Crippen LogP contribution in [0.2, 0.25) is 5.02 Å². The number of rotatable bonds is 7. The maximum absolute atomic E-state index is 13.7. The zero-order valence-electron chi connectivity index (χ0n) is 19.4. The van der Waals surface area contributed by atoms with E-state index in [1.165, 1.54) is 0 Å². The van der Waals surface area contributed by atoms with Gasteiger partial charge in [0.2, 0.25) is 5.91 Å². The van der Waals surface area contributed by atoms with Crippen molar-refractivity contribution in [3.8, 4) is 11.1 Å². The standard InChI is InChI=1S/C28H25ClN2O3S/c1-20-12-15-24(16-13-20)35(33,34)31(27-17-14-23(29)18-21(27)2)19-28(32)30-26-11-7-6-10-25(26)22-8-4-3-5-9-22/h3-18H,19H2,1-2H3,(H,30,32). The van der Waals surface area contributed by atoms with Crippen molar-refractivity contribution < 1.29 is 13.2 Å². The average molecular weight is 505 g/mol. The van der Waals surface area contributed by atoms with Crippen molar-refractivity contribution in [3.63, 3.8) is 0 Å². The predicted octanol–water partition coefficient (Wildman–Crippen LogP) is 6.46. The second kappa shape index (κ2) is 10.3. The molecule has 0 aliphatic rings. The average Bonchev–Trinajstić information content (AvgIpc) is 2.84. The number of carbonyl (C=O) groups excluding carboxylic acids is 1. The molecule has 1 N–H and O–H groups in total. The molecule has 5 nitrogen and oxygen atoms in total. The lowest BCUT2D eigenvalue weighted by Crippen LogP contribution is -2.38. The molecule has 0 saturated heterocycles. The van der Waals surface area contributed by atoms with Gasteiger partial charge in [0.05, 0.1) is 10.6 Å². The Hall–Kier alpha value is -3.61. The molecule has 4 rings (SSSR count). The van der Waals surface area contributed by atoms with Crippen molar-refractivity contribution in [2.75, 3.05) is 16.2 Å². The van der Waals surface area contributed by atoms with Crippen LogP contribution in [0.1, 0.15) is 11.1 Å². The minimum atomic E-state index is -4.03. The zero-order valence-corrected chi connectivity index (χ0v) is 21.0. The summed E-state index contributed by atoms with van der Waals surface area (Å²) >= 11 is 6.11. The second-order valence-corrected chi connectivity index (χ2v) is 10.5. The van der Waals surface area contributed by atoms with Gasteiger partial charge in [-0.2, -0.15) is 0 Å². The lowest BCUT2D eigenvalue weighted by Gasteiger charge is -2.26. The van der Waals surface area contributed by atoms with Gasteiger partial charge in [-0.05, 0) is 61.4 Å². The van der Waals surface area contributed by atoms with Crippen LogP contribution >= 0.6 is 11.6 Å². The van der Waals surface area contributed by atoms with E-state index < -0.39 is 22.5 Å². The number of hydrogen-bond donors (Lipinski definition) is 1. The number of hydrogen-bond acceptors (Lipinski definition) is 3. The molecular formula is C28H25ClN2O3S. The molecule has 35 heavy (non-hydrogen) atoms. The summed E-state index contributed by atoms with van der Waals surface area (Å²) in [5.41, 5.74) is 4.36. The fourth-order valence-electron chi connectivity index (χ4n) is 3.82. The molecule has 1 amide bonds. The highest BCUT2D eigenvalue weighted by Gasteiger charge is 2.28. The number of benzene rings is 4. The minimum Gasteiger partial charge on any atom is -0.324 e. The summed E-state index contributed by atoms with van der Waals surface area (Å²) in [4.78, 5) is 13.4. The maximum Gasteiger partial charge on any atom is 0.264 e. The van der Waals surface area contributed by atoms with E-state index in [4.69, 9.17) is 11.6 Å². The van der Waals surface area contributed by atoms with E-state index in [9.17, 15) is 13.2 Å². The Kier molecular flexibility index (Phi) is 7.24. The Morgan fingerprint density at radius 1 is 0.857 bits per heavy atom. The van der Waals surface area contributed by atoms with Gasteiger partial charge in [-0.25, -0.2) is 8.42 Å². The number of anilines is 2. The van der Waals surface area contributed by atoms with E-state index >= 15 is 0 Å². The van der Waals surface area contributed by atoms with Crippen LogP contribution in [0.4, 0.5) is 11.4 Å². The van der Waals surface area contributed by atoms with Crippen LogP contribution < -0.4 is 9.62 Å². The third-order valence-corrected chi connectivity index (χ3v) is 7.62. The van der Waals surface area contributed by atoms with Crippen molar-refractivity contribution in [2.24, 2.45) is 0 Å². The summed E-state index contributed by atoms with van der Waals surface area (Å²) in [6.45, 7) is 3.25. The number of para-hydroxylation sites is 1. The van der Waals surface area contributed by atoms with Crippen molar-refractivity contribution in [1.29, 1.82) is 0 Å². The first kappa shape index (κ1) is 24.5. The largest absolute Gasteiger partial charge is 0.324 e. The third kappa shape index (κ3) is 5.56. The fraction of sp³-hybridized carbons (Fsp3) is 0.107. The molecule has 0 atom stereocenters. The highest BCUT2D eigenvalue weighted by molar-refractivity contribution is 7.92. The highest BCUT2D eigenvalue weighted by atomic mass is 35.5. The van der Waals surface area contributed by atoms with Crippen LogP contribution in [0, 0.1) is 13.8 Å². The molecule has 0 aromatic heterocycles. The molecule has 0 radical (unpaired) electrons. The topological polar surface area (TPSA) is 66.5 Å². The van der Waals surface area contributed by atoms with Gasteiger partial charge in [0.15, 0.2) is 0 Å². The lowest BCUT2D eigenvalue weighted by atomic mass is 10.0. The van der Waals surface area contributed by atoms with E-state index in [0.29, 0.717) is 22.0 Å². The molecule has 4 aromatic carbocycles. The van der Waals surface area contributed by atoms with Crippen LogP contribution in [-0.4, -0.2) is 20.9 Å². The summed E-state index contributed by atoms with van der Waals surface area (Å²) in [5.74, 6) is -0.460.